The van der Waals surface area contributed by atoms with Crippen molar-refractivity contribution in [2.75, 3.05) is 13.1 Å². The van der Waals surface area contributed by atoms with Gasteiger partial charge in [-0.3, -0.25) is 4.79 Å². The van der Waals surface area contributed by atoms with Crippen molar-refractivity contribution >= 4 is 12.1 Å². The summed E-state index contributed by atoms with van der Waals surface area (Å²) in [7, 11) is 0. The Labute approximate surface area is 101 Å². The Kier molecular flexibility index (Phi) is 3.98. The standard InChI is InChI=1S/C11H20N2O4/c1-11(2,3)17-10(16)13-5-7(6-13)4-8(12)9(14)15/h7-8H,4-6,12H2,1-3H3,(H,14,15). The smallest absolute Gasteiger partial charge is 0.410 e. The Morgan fingerprint density at radius 2 is 2.00 bits per heavy atom. The highest BCUT2D eigenvalue weighted by Gasteiger charge is 2.35. The number of carboxylic acid groups (broad SMARTS) is 1. The fraction of sp³-hybridized carbons (Fsp3) is 0.818. The molecular weight excluding hydrogens is 224 g/mol. The zero-order chi connectivity index (χ0) is 13.2. The van der Waals surface area contributed by atoms with Gasteiger partial charge in [-0.25, -0.2) is 4.79 Å². The summed E-state index contributed by atoms with van der Waals surface area (Å²) in [5.74, 6) is -0.839. The molecule has 0 saturated carbocycles. The summed E-state index contributed by atoms with van der Waals surface area (Å²) in [6.45, 7) is 6.47. The predicted octanol–water partition coefficient (Wildman–Crippen LogP) is 0.655. The summed E-state index contributed by atoms with van der Waals surface area (Å²) in [5, 5.41) is 8.65. The molecule has 0 aromatic rings. The molecule has 6 nitrogen and oxygen atoms in total. The van der Waals surface area contributed by atoms with Crippen molar-refractivity contribution in [3.8, 4) is 0 Å². The molecule has 17 heavy (non-hydrogen) atoms. The first-order valence-corrected chi connectivity index (χ1v) is 5.65. The zero-order valence-corrected chi connectivity index (χ0v) is 10.5. The molecule has 1 unspecified atom stereocenters. The minimum Gasteiger partial charge on any atom is -0.480 e. The molecule has 0 spiro atoms. The number of carbonyl (C=O) groups is 2. The third kappa shape index (κ3) is 4.22. The van der Waals surface area contributed by atoms with Crippen LogP contribution < -0.4 is 5.73 Å². The van der Waals surface area contributed by atoms with Gasteiger partial charge in [0.05, 0.1) is 0 Å². The number of ether oxygens (including phenoxy) is 1. The summed E-state index contributed by atoms with van der Waals surface area (Å²) in [4.78, 5) is 23.7. The highest BCUT2D eigenvalue weighted by Crippen LogP contribution is 2.22. The Morgan fingerprint density at radius 1 is 1.47 bits per heavy atom. The number of amides is 1. The lowest BCUT2D eigenvalue weighted by atomic mass is 9.93. The molecule has 0 aliphatic carbocycles. The Hall–Kier alpha value is -1.30. The number of carbonyl (C=O) groups excluding carboxylic acids is 1. The van der Waals surface area contributed by atoms with E-state index in [4.69, 9.17) is 15.6 Å². The lowest BCUT2D eigenvalue weighted by Gasteiger charge is -2.40. The molecule has 0 bridgehead atoms. The van der Waals surface area contributed by atoms with Gasteiger partial charge in [0.25, 0.3) is 0 Å². The van der Waals surface area contributed by atoms with Crippen LogP contribution in [0.1, 0.15) is 27.2 Å². The molecule has 0 aromatic carbocycles. The first kappa shape index (κ1) is 13.8. The second-order valence-corrected chi connectivity index (χ2v) is 5.43. The van der Waals surface area contributed by atoms with E-state index in [9.17, 15) is 9.59 Å². The fourth-order valence-corrected chi connectivity index (χ4v) is 1.65. The summed E-state index contributed by atoms with van der Waals surface area (Å²) in [6, 6.07) is -0.846. The van der Waals surface area contributed by atoms with Crippen molar-refractivity contribution < 1.29 is 19.4 Å². The van der Waals surface area contributed by atoms with Crippen molar-refractivity contribution in [2.24, 2.45) is 11.7 Å². The van der Waals surface area contributed by atoms with Gasteiger partial charge in [0, 0.05) is 13.1 Å². The van der Waals surface area contributed by atoms with Gasteiger partial charge in [-0.05, 0) is 33.1 Å². The molecule has 98 valence electrons. The molecular formula is C11H20N2O4. The Bertz CT molecular complexity index is 305. The topological polar surface area (TPSA) is 92.9 Å². The maximum absolute atomic E-state index is 11.6. The van der Waals surface area contributed by atoms with Gasteiger partial charge in [0.2, 0.25) is 0 Å². The molecule has 1 saturated heterocycles. The molecule has 1 fully saturated rings. The molecule has 3 N–H and O–H groups in total. The molecule has 1 atom stereocenters. The van der Waals surface area contributed by atoms with Crippen LogP contribution in [-0.4, -0.2) is 46.8 Å². The SMILES string of the molecule is CC(C)(C)OC(=O)N1CC(CC(N)C(=O)O)C1. The number of hydrogen-bond donors (Lipinski definition) is 2. The minimum atomic E-state index is -0.999. The van der Waals surface area contributed by atoms with Crippen molar-refractivity contribution in [2.45, 2.75) is 38.8 Å². The van der Waals surface area contributed by atoms with Crippen LogP contribution in [0.15, 0.2) is 0 Å². The average molecular weight is 244 g/mol. The molecule has 1 rings (SSSR count). The predicted molar refractivity (Wildman–Crippen MR) is 61.5 cm³/mol. The lowest BCUT2D eigenvalue weighted by molar-refractivity contribution is -0.139. The number of nitrogens with two attached hydrogens (primary N) is 1. The maximum Gasteiger partial charge on any atom is 0.410 e. The van der Waals surface area contributed by atoms with Crippen LogP contribution in [-0.2, 0) is 9.53 Å². The van der Waals surface area contributed by atoms with Crippen molar-refractivity contribution in [3.63, 3.8) is 0 Å². The van der Waals surface area contributed by atoms with Gasteiger partial charge < -0.3 is 20.5 Å². The van der Waals surface area contributed by atoms with E-state index in [1.807, 2.05) is 20.8 Å². The van der Waals surface area contributed by atoms with Crippen LogP contribution >= 0.6 is 0 Å². The van der Waals surface area contributed by atoms with Crippen LogP contribution in [0.4, 0.5) is 4.79 Å². The molecule has 1 amide bonds. The molecule has 1 aliphatic heterocycles. The van der Waals surface area contributed by atoms with E-state index < -0.39 is 17.6 Å². The highest BCUT2D eigenvalue weighted by atomic mass is 16.6. The van der Waals surface area contributed by atoms with Gasteiger partial charge >= 0.3 is 12.1 Å². The average Bonchev–Trinajstić information content (AvgIpc) is 2.06. The number of likely N-dealkylation sites (tertiary alicyclic amines) is 1. The number of hydrogen-bond acceptors (Lipinski definition) is 4. The molecule has 0 aromatic heterocycles. The maximum atomic E-state index is 11.6. The third-order valence-electron chi connectivity index (χ3n) is 2.51. The summed E-state index contributed by atoms with van der Waals surface area (Å²) in [6.07, 6.45) is 0.0481. The quantitative estimate of drug-likeness (QED) is 0.760. The van der Waals surface area contributed by atoms with Crippen molar-refractivity contribution in [3.05, 3.63) is 0 Å². The first-order valence-electron chi connectivity index (χ1n) is 5.65. The van der Waals surface area contributed by atoms with Crippen molar-refractivity contribution in [1.29, 1.82) is 0 Å². The number of nitrogens with zero attached hydrogens (tertiary/aromatic N) is 1. The van der Waals surface area contributed by atoms with E-state index in [1.165, 1.54) is 0 Å². The summed E-state index contributed by atoms with van der Waals surface area (Å²) < 4.78 is 5.18. The lowest BCUT2D eigenvalue weighted by Crippen LogP contribution is -2.53. The zero-order valence-electron chi connectivity index (χ0n) is 10.5. The molecule has 0 radical (unpaired) electrons. The summed E-state index contributed by atoms with van der Waals surface area (Å²) in [5.41, 5.74) is 4.92. The number of carboxylic acids is 1. The third-order valence-corrected chi connectivity index (χ3v) is 2.51. The normalized spacial score (nSPS) is 18.5. The number of rotatable bonds is 3. The van der Waals surface area contributed by atoms with E-state index >= 15 is 0 Å². The fourth-order valence-electron chi connectivity index (χ4n) is 1.65. The molecule has 6 heteroatoms. The van der Waals surface area contributed by atoms with Crippen LogP contribution in [0.2, 0.25) is 0 Å². The van der Waals surface area contributed by atoms with E-state index in [2.05, 4.69) is 0 Å². The van der Waals surface area contributed by atoms with Gasteiger partial charge in [0.1, 0.15) is 11.6 Å². The van der Waals surface area contributed by atoms with E-state index in [0.29, 0.717) is 19.5 Å². The monoisotopic (exact) mass is 244 g/mol. The summed E-state index contributed by atoms with van der Waals surface area (Å²) >= 11 is 0. The van der Waals surface area contributed by atoms with E-state index in [-0.39, 0.29) is 12.0 Å². The molecule has 1 heterocycles. The first-order chi connectivity index (χ1) is 7.69. The van der Waals surface area contributed by atoms with Gasteiger partial charge in [-0.15, -0.1) is 0 Å². The highest BCUT2D eigenvalue weighted by molar-refractivity contribution is 5.73. The van der Waals surface area contributed by atoms with Crippen LogP contribution in [0.25, 0.3) is 0 Å². The van der Waals surface area contributed by atoms with Gasteiger partial charge in [-0.2, -0.15) is 0 Å². The van der Waals surface area contributed by atoms with Gasteiger partial charge in [0.15, 0.2) is 0 Å². The van der Waals surface area contributed by atoms with Crippen LogP contribution in [0.5, 0.6) is 0 Å². The Balaban J connectivity index is 2.27. The molecule has 1 aliphatic rings. The van der Waals surface area contributed by atoms with Crippen LogP contribution in [0, 0.1) is 5.92 Å². The minimum absolute atomic E-state index is 0.161. The second kappa shape index (κ2) is 4.91. The van der Waals surface area contributed by atoms with Gasteiger partial charge in [-0.1, -0.05) is 0 Å². The van der Waals surface area contributed by atoms with Crippen molar-refractivity contribution in [1.82, 2.24) is 4.90 Å². The van der Waals surface area contributed by atoms with E-state index in [0.717, 1.165) is 0 Å². The van der Waals surface area contributed by atoms with E-state index in [1.54, 1.807) is 4.90 Å². The largest absolute Gasteiger partial charge is 0.480 e. The second-order valence-electron chi connectivity index (χ2n) is 5.43. The Morgan fingerprint density at radius 3 is 2.41 bits per heavy atom. The van der Waals surface area contributed by atoms with Crippen LogP contribution in [0.3, 0.4) is 0 Å². The number of aliphatic carboxylic acids is 1.